The summed E-state index contributed by atoms with van der Waals surface area (Å²) in [5.74, 6) is 1.38. The molecule has 5 nitrogen and oxygen atoms in total. The molecular formula is C18H21FN2O3. The standard InChI is InChI=1S/C18H21FN2O3/c1-18(2,3)15-11-20-16(24-15)6-7-17(22)21-8-9-23-14-5-4-12(19)10-13(14)21/h4-5,10-11H,6-9H2,1-3H3. The third kappa shape index (κ3) is 3.42. The summed E-state index contributed by atoms with van der Waals surface area (Å²) in [7, 11) is 0. The van der Waals surface area contributed by atoms with E-state index in [0.29, 0.717) is 36.9 Å². The Kier molecular flexibility index (Phi) is 4.30. The summed E-state index contributed by atoms with van der Waals surface area (Å²) >= 11 is 0. The zero-order valence-electron chi connectivity index (χ0n) is 14.1. The fourth-order valence-corrected chi connectivity index (χ4v) is 2.57. The minimum Gasteiger partial charge on any atom is -0.490 e. The third-order valence-electron chi connectivity index (χ3n) is 3.93. The predicted molar refractivity (Wildman–Crippen MR) is 87.8 cm³/mol. The summed E-state index contributed by atoms with van der Waals surface area (Å²) < 4.78 is 24.7. The van der Waals surface area contributed by atoms with Crippen LogP contribution in [0.2, 0.25) is 0 Å². The SMILES string of the molecule is CC(C)(C)c1cnc(CCC(=O)N2CCOc3ccc(F)cc32)o1. The Hall–Kier alpha value is -2.37. The van der Waals surface area contributed by atoms with Gasteiger partial charge < -0.3 is 14.1 Å². The molecule has 1 aromatic heterocycles. The van der Waals surface area contributed by atoms with Gasteiger partial charge in [0.05, 0.1) is 18.4 Å². The Morgan fingerprint density at radius 2 is 2.17 bits per heavy atom. The van der Waals surface area contributed by atoms with Gasteiger partial charge in [-0.05, 0) is 12.1 Å². The number of benzene rings is 1. The lowest BCUT2D eigenvalue weighted by Crippen LogP contribution is -2.38. The van der Waals surface area contributed by atoms with Crippen molar-refractivity contribution < 1.29 is 18.3 Å². The first-order chi connectivity index (χ1) is 11.3. The Morgan fingerprint density at radius 3 is 2.88 bits per heavy atom. The number of aryl methyl sites for hydroxylation is 1. The molecule has 1 aromatic carbocycles. The van der Waals surface area contributed by atoms with Gasteiger partial charge in [0.25, 0.3) is 0 Å². The summed E-state index contributed by atoms with van der Waals surface area (Å²) in [5, 5.41) is 0. The number of fused-ring (bicyclic) bond motifs is 1. The Labute approximate surface area is 140 Å². The van der Waals surface area contributed by atoms with E-state index in [1.807, 2.05) is 20.8 Å². The van der Waals surface area contributed by atoms with Crippen LogP contribution >= 0.6 is 0 Å². The average molecular weight is 332 g/mol. The van der Waals surface area contributed by atoms with Crippen LogP contribution in [-0.2, 0) is 16.6 Å². The molecule has 3 rings (SSSR count). The number of hydrogen-bond donors (Lipinski definition) is 0. The van der Waals surface area contributed by atoms with Crippen molar-refractivity contribution in [3.63, 3.8) is 0 Å². The molecule has 0 saturated heterocycles. The molecule has 0 aliphatic carbocycles. The van der Waals surface area contributed by atoms with Crippen LogP contribution in [-0.4, -0.2) is 24.0 Å². The van der Waals surface area contributed by atoms with Gasteiger partial charge in [-0.3, -0.25) is 4.79 Å². The van der Waals surface area contributed by atoms with Crippen molar-refractivity contribution in [1.82, 2.24) is 4.98 Å². The maximum absolute atomic E-state index is 13.5. The van der Waals surface area contributed by atoms with Gasteiger partial charge in [0.2, 0.25) is 5.91 Å². The van der Waals surface area contributed by atoms with Gasteiger partial charge in [-0.15, -0.1) is 0 Å². The second-order valence-electron chi connectivity index (χ2n) is 6.87. The highest BCUT2D eigenvalue weighted by Gasteiger charge is 2.25. The van der Waals surface area contributed by atoms with Crippen LogP contribution in [0.4, 0.5) is 10.1 Å². The van der Waals surface area contributed by atoms with Gasteiger partial charge in [-0.25, -0.2) is 9.37 Å². The number of carbonyl (C=O) groups is 1. The molecule has 128 valence electrons. The largest absolute Gasteiger partial charge is 0.490 e. The summed E-state index contributed by atoms with van der Waals surface area (Å²) in [6.07, 6.45) is 2.37. The zero-order chi connectivity index (χ0) is 17.3. The van der Waals surface area contributed by atoms with Crippen molar-refractivity contribution in [2.45, 2.75) is 39.0 Å². The number of aromatic nitrogens is 1. The highest BCUT2D eigenvalue weighted by Crippen LogP contribution is 2.32. The predicted octanol–water partition coefficient (Wildman–Crippen LogP) is 3.47. The van der Waals surface area contributed by atoms with Crippen molar-refractivity contribution in [1.29, 1.82) is 0 Å². The van der Waals surface area contributed by atoms with E-state index in [0.717, 1.165) is 5.76 Å². The molecule has 0 N–H and O–H groups in total. The molecule has 24 heavy (non-hydrogen) atoms. The maximum Gasteiger partial charge on any atom is 0.227 e. The van der Waals surface area contributed by atoms with Crippen LogP contribution in [0.3, 0.4) is 0 Å². The van der Waals surface area contributed by atoms with Gasteiger partial charge in [0, 0.05) is 24.3 Å². The van der Waals surface area contributed by atoms with Crippen LogP contribution in [0.15, 0.2) is 28.8 Å². The first-order valence-corrected chi connectivity index (χ1v) is 8.02. The average Bonchev–Trinajstić information content (AvgIpc) is 3.01. The van der Waals surface area contributed by atoms with E-state index in [1.165, 1.54) is 12.1 Å². The van der Waals surface area contributed by atoms with Gasteiger partial charge in [-0.2, -0.15) is 0 Å². The van der Waals surface area contributed by atoms with Crippen molar-refractivity contribution in [3.8, 4) is 5.75 Å². The summed E-state index contributed by atoms with van der Waals surface area (Å²) in [6, 6.07) is 4.21. The Balaban J connectivity index is 1.68. The van der Waals surface area contributed by atoms with Gasteiger partial charge >= 0.3 is 0 Å². The number of amides is 1. The molecule has 0 spiro atoms. The fraction of sp³-hybridized carbons (Fsp3) is 0.444. The van der Waals surface area contributed by atoms with Crippen molar-refractivity contribution in [2.75, 3.05) is 18.1 Å². The lowest BCUT2D eigenvalue weighted by molar-refractivity contribution is -0.118. The first-order valence-electron chi connectivity index (χ1n) is 8.02. The molecule has 2 aromatic rings. The van der Waals surface area contributed by atoms with E-state index in [1.54, 1.807) is 17.2 Å². The number of ether oxygens (including phenoxy) is 1. The summed E-state index contributed by atoms with van der Waals surface area (Å²) in [4.78, 5) is 18.3. The van der Waals surface area contributed by atoms with Crippen LogP contribution in [0, 0.1) is 5.82 Å². The number of oxazole rings is 1. The molecule has 6 heteroatoms. The second-order valence-corrected chi connectivity index (χ2v) is 6.87. The number of anilines is 1. The Morgan fingerprint density at radius 1 is 1.38 bits per heavy atom. The minimum absolute atomic E-state index is 0.0966. The van der Waals surface area contributed by atoms with Crippen molar-refractivity contribution in [3.05, 3.63) is 41.9 Å². The molecule has 0 radical (unpaired) electrons. The molecule has 0 unspecified atom stereocenters. The number of halogens is 1. The van der Waals surface area contributed by atoms with E-state index < -0.39 is 0 Å². The van der Waals surface area contributed by atoms with E-state index in [4.69, 9.17) is 9.15 Å². The van der Waals surface area contributed by atoms with Crippen LogP contribution in [0.25, 0.3) is 0 Å². The van der Waals surface area contributed by atoms with E-state index in [9.17, 15) is 9.18 Å². The Bertz CT molecular complexity index is 749. The molecule has 1 aliphatic rings. The van der Waals surface area contributed by atoms with E-state index in [-0.39, 0.29) is 23.6 Å². The number of rotatable bonds is 3. The van der Waals surface area contributed by atoms with Gasteiger partial charge in [0.1, 0.15) is 23.9 Å². The normalized spacial score (nSPS) is 14.2. The molecule has 1 amide bonds. The summed E-state index contributed by atoms with van der Waals surface area (Å²) in [6.45, 7) is 6.94. The zero-order valence-corrected chi connectivity index (χ0v) is 14.1. The smallest absolute Gasteiger partial charge is 0.227 e. The molecular weight excluding hydrogens is 311 g/mol. The highest BCUT2D eigenvalue weighted by atomic mass is 19.1. The molecule has 0 atom stereocenters. The lowest BCUT2D eigenvalue weighted by Gasteiger charge is -2.29. The van der Waals surface area contributed by atoms with Crippen LogP contribution < -0.4 is 9.64 Å². The number of carbonyl (C=O) groups excluding carboxylic acids is 1. The van der Waals surface area contributed by atoms with Crippen LogP contribution in [0.1, 0.15) is 38.8 Å². The monoisotopic (exact) mass is 332 g/mol. The topological polar surface area (TPSA) is 55.6 Å². The summed E-state index contributed by atoms with van der Waals surface area (Å²) in [5.41, 5.74) is 0.365. The number of hydrogen-bond acceptors (Lipinski definition) is 4. The van der Waals surface area contributed by atoms with Crippen molar-refractivity contribution >= 4 is 11.6 Å². The van der Waals surface area contributed by atoms with E-state index >= 15 is 0 Å². The quantitative estimate of drug-likeness (QED) is 0.863. The first kappa shape index (κ1) is 16.5. The second kappa shape index (κ2) is 6.26. The molecule has 0 fully saturated rings. The molecule has 1 aliphatic heterocycles. The van der Waals surface area contributed by atoms with Gasteiger partial charge in [0.15, 0.2) is 5.89 Å². The van der Waals surface area contributed by atoms with Crippen LogP contribution in [0.5, 0.6) is 5.75 Å². The van der Waals surface area contributed by atoms with E-state index in [2.05, 4.69) is 4.98 Å². The highest BCUT2D eigenvalue weighted by molar-refractivity contribution is 5.95. The molecule has 2 heterocycles. The number of nitrogens with zero attached hydrogens (tertiary/aromatic N) is 2. The molecule has 0 saturated carbocycles. The fourth-order valence-electron chi connectivity index (χ4n) is 2.57. The van der Waals surface area contributed by atoms with Gasteiger partial charge in [-0.1, -0.05) is 20.8 Å². The third-order valence-corrected chi connectivity index (χ3v) is 3.93. The minimum atomic E-state index is -0.389. The lowest BCUT2D eigenvalue weighted by atomic mass is 9.94. The van der Waals surface area contributed by atoms with Crippen molar-refractivity contribution in [2.24, 2.45) is 0 Å². The molecule has 0 bridgehead atoms. The maximum atomic E-state index is 13.5.